The van der Waals surface area contributed by atoms with Crippen LogP contribution in [0.5, 0.6) is 0 Å². The molecule has 0 saturated carbocycles. The Bertz CT molecular complexity index is 877. The predicted molar refractivity (Wildman–Crippen MR) is 122 cm³/mol. The van der Waals surface area contributed by atoms with Crippen molar-refractivity contribution >= 4 is 39.9 Å². The number of nitrogens with two attached hydrogens (primary N) is 1. The summed E-state index contributed by atoms with van der Waals surface area (Å²) >= 11 is 1.71. The number of hydrogen-bond donors (Lipinski definition) is 1. The number of esters is 1. The number of thioether (sulfide) groups is 1. The molecule has 29 heavy (non-hydrogen) atoms. The number of nitrogens with zero attached hydrogens (tertiary/aromatic N) is 3. The van der Waals surface area contributed by atoms with Gasteiger partial charge in [-0.2, -0.15) is 0 Å². The Morgan fingerprint density at radius 1 is 1.31 bits per heavy atom. The van der Waals surface area contributed by atoms with Gasteiger partial charge in [-0.25, -0.2) is 9.78 Å². The first-order chi connectivity index (χ1) is 14.1. The minimum absolute atomic E-state index is 0.0351. The molecule has 0 saturated heterocycles. The minimum Gasteiger partial charge on any atom is -0.459 e. The largest absolute Gasteiger partial charge is 0.459 e. The normalized spacial score (nSPS) is 17.5. The fourth-order valence-electron chi connectivity index (χ4n) is 3.62. The first-order valence-corrected chi connectivity index (χ1v) is 11.8. The molecule has 2 atom stereocenters. The van der Waals surface area contributed by atoms with Gasteiger partial charge >= 0.3 is 5.97 Å². The molecule has 0 radical (unpaired) electrons. The lowest BCUT2D eigenvalue weighted by Crippen LogP contribution is -2.17. The molecule has 1 aromatic carbocycles. The highest BCUT2D eigenvalue weighted by atomic mass is 32.2. The highest BCUT2D eigenvalue weighted by molar-refractivity contribution is 8.14. The lowest BCUT2D eigenvalue weighted by Gasteiger charge is -2.16. The van der Waals surface area contributed by atoms with E-state index in [1.165, 1.54) is 0 Å². The second kappa shape index (κ2) is 10.1. The van der Waals surface area contributed by atoms with E-state index < -0.39 is 0 Å². The van der Waals surface area contributed by atoms with Crippen LogP contribution in [0.1, 0.15) is 76.1 Å². The van der Waals surface area contributed by atoms with Crippen LogP contribution in [0, 0.1) is 0 Å². The zero-order valence-electron chi connectivity index (χ0n) is 17.7. The van der Waals surface area contributed by atoms with Gasteiger partial charge < -0.3 is 10.5 Å². The number of benzene rings is 1. The standard InChI is InChI=1S/C22H32N4O2S/c1-4-7-8-10-17(6-3)28-20(27)15-11-12-19-18(13-15)25-21(23)26(19)22-24-16(9-5-2)14-29-22/h11-13,16-17H,4-10,14H2,1-3H3,(H2,23,25). The van der Waals surface area contributed by atoms with Crippen LogP contribution >= 0.6 is 11.8 Å². The zero-order chi connectivity index (χ0) is 20.8. The first kappa shape index (κ1) is 21.7. The van der Waals surface area contributed by atoms with Crippen LogP contribution in [0.3, 0.4) is 0 Å². The molecule has 7 heteroatoms. The van der Waals surface area contributed by atoms with E-state index in [-0.39, 0.29) is 12.1 Å². The lowest BCUT2D eigenvalue weighted by molar-refractivity contribution is 0.0267. The number of rotatable bonds is 9. The number of carbonyl (C=O) groups is 1. The Labute approximate surface area is 177 Å². The first-order valence-electron chi connectivity index (χ1n) is 10.8. The molecule has 158 valence electrons. The average molecular weight is 417 g/mol. The van der Waals surface area contributed by atoms with Gasteiger partial charge in [-0.15, -0.1) is 0 Å². The maximum atomic E-state index is 12.6. The zero-order valence-corrected chi connectivity index (χ0v) is 18.5. The van der Waals surface area contributed by atoms with Crippen molar-refractivity contribution in [2.75, 3.05) is 11.5 Å². The van der Waals surface area contributed by atoms with Crippen LogP contribution in [0.4, 0.5) is 5.95 Å². The van der Waals surface area contributed by atoms with Crippen molar-refractivity contribution in [3.05, 3.63) is 23.8 Å². The average Bonchev–Trinajstić information content (AvgIpc) is 3.29. The quantitative estimate of drug-likeness (QED) is 0.446. The van der Waals surface area contributed by atoms with Crippen LogP contribution in [0.2, 0.25) is 0 Å². The van der Waals surface area contributed by atoms with E-state index in [2.05, 4.69) is 25.8 Å². The summed E-state index contributed by atoms with van der Waals surface area (Å²) in [4.78, 5) is 21.9. The Morgan fingerprint density at radius 2 is 2.14 bits per heavy atom. The van der Waals surface area contributed by atoms with Gasteiger partial charge in [0.2, 0.25) is 5.95 Å². The number of hydrogen-bond acceptors (Lipinski definition) is 6. The third-order valence-corrected chi connectivity index (χ3v) is 6.38. The molecule has 1 aliphatic heterocycles. The van der Waals surface area contributed by atoms with Gasteiger partial charge in [-0.3, -0.25) is 9.56 Å². The van der Waals surface area contributed by atoms with E-state index in [1.54, 1.807) is 23.9 Å². The van der Waals surface area contributed by atoms with Crippen molar-refractivity contribution in [1.82, 2.24) is 9.55 Å². The summed E-state index contributed by atoms with van der Waals surface area (Å²) in [5.74, 6) is 1.09. The number of imidazole rings is 1. The topological polar surface area (TPSA) is 82.5 Å². The molecule has 2 unspecified atom stereocenters. The fourth-order valence-corrected chi connectivity index (χ4v) is 4.75. The van der Waals surface area contributed by atoms with Gasteiger partial charge in [0, 0.05) is 5.75 Å². The molecule has 0 spiro atoms. The Kier molecular flexibility index (Phi) is 7.58. The molecular weight excluding hydrogens is 384 g/mol. The van der Waals surface area contributed by atoms with E-state index in [0.29, 0.717) is 23.1 Å². The third kappa shape index (κ3) is 5.13. The van der Waals surface area contributed by atoms with Crippen LogP contribution in [-0.2, 0) is 4.74 Å². The summed E-state index contributed by atoms with van der Waals surface area (Å²) in [7, 11) is 0. The van der Waals surface area contributed by atoms with Crippen molar-refractivity contribution in [3.8, 4) is 0 Å². The van der Waals surface area contributed by atoms with E-state index >= 15 is 0 Å². The number of ether oxygens (including phenoxy) is 1. The van der Waals surface area contributed by atoms with Gasteiger partial charge in [-0.05, 0) is 43.9 Å². The van der Waals surface area contributed by atoms with Crippen molar-refractivity contribution < 1.29 is 9.53 Å². The van der Waals surface area contributed by atoms with E-state index in [9.17, 15) is 4.79 Å². The van der Waals surface area contributed by atoms with E-state index in [1.807, 2.05) is 10.6 Å². The predicted octanol–water partition coefficient (Wildman–Crippen LogP) is 5.25. The summed E-state index contributed by atoms with van der Waals surface area (Å²) in [6, 6.07) is 5.80. The van der Waals surface area contributed by atoms with Crippen molar-refractivity contribution in [3.63, 3.8) is 0 Å². The van der Waals surface area contributed by atoms with Crippen LogP contribution in [0.25, 0.3) is 11.0 Å². The molecule has 0 amide bonds. The summed E-state index contributed by atoms with van der Waals surface area (Å²) in [5.41, 5.74) is 8.27. The molecule has 2 N–H and O–H groups in total. The molecule has 1 aromatic heterocycles. The lowest BCUT2D eigenvalue weighted by atomic mass is 10.1. The van der Waals surface area contributed by atoms with Gasteiger partial charge in [0.05, 0.1) is 22.6 Å². The molecule has 0 aliphatic carbocycles. The smallest absolute Gasteiger partial charge is 0.338 e. The molecule has 1 aliphatic rings. The Balaban J connectivity index is 1.77. The number of carbonyl (C=O) groups excluding carboxylic acids is 1. The molecule has 2 aromatic rings. The number of unbranched alkanes of at least 4 members (excludes halogenated alkanes) is 2. The van der Waals surface area contributed by atoms with Crippen LogP contribution in [0.15, 0.2) is 23.2 Å². The summed E-state index contributed by atoms with van der Waals surface area (Å²) in [6.07, 6.45) is 7.31. The maximum Gasteiger partial charge on any atom is 0.338 e. The molecular formula is C22H32N4O2S. The number of fused-ring (bicyclic) bond motifs is 1. The van der Waals surface area contributed by atoms with E-state index in [4.69, 9.17) is 15.5 Å². The summed E-state index contributed by atoms with van der Waals surface area (Å²) in [5, 5.41) is 0.890. The van der Waals surface area contributed by atoms with Crippen LogP contribution < -0.4 is 5.73 Å². The highest BCUT2D eigenvalue weighted by Crippen LogP contribution is 2.28. The maximum absolute atomic E-state index is 12.6. The minimum atomic E-state index is -0.293. The second-order valence-corrected chi connectivity index (χ2v) is 8.59. The molecule has 0 fully saturated rings. The molecule has 6 nitrogen and oxygen atoms in total. The summed E-state index contributed by atoms with van der Waals surface area (Å²) < 4.78 is 7.62. The number of nitrogen functional groups attached to an aromatic ring is 1. The van der Waals surface area contributed by atoms with Crippen molar-refractivity contribution in [2.24, 2.45) is 4.99 Å². The SMILES string of the molecule is CCCCCC(CC)OC(=O)c1ccc2c(c1)nc(N)n2C1=NC(CCC)CS1. The Morgan fingerprint density at radius 3 is 2.86 bits per heavy atom. The van der Waals surface area contributed by atoms with Crippen LogP contribution in [-0.4, -0.2) is 38.6 Å². The summed E-state index contributed by atoms with van der Waals surface area (Å²) in [6.45, 7) is 6.40. The van der Waals surface area contributed by atoms with Crippen molar-refractivity contribution in [1.29, 1.82) is 0 Å². The second-order valence-electron chi connectivity index (χ2n) is 7.61. The van der Waals surface area contributed by atoms with Crippen molar-refractivity contribution in [2.45, 2.75) is 77.9 Å². The van der Waals surface area contributed by atoms with Gasteiger partial charge in [0.15, 0.2) is 5.17 Å². The van der Waals surface area contributed by atoms with Gasteiger partial charge in [0.1, 0.15) is 6.10 Å². The number of aliphatic imine (C=N–C) groups is 1. The van der Waals surface area contributed by atoms with Gasteiger partial charge in [-0.1, -0.05) is 51.8 Å². The number of aromatic nitrogens is 2. The Hall–Kier alpha value is -2.02. The highest BCUT2D eigenvalue weighted by Gasteiger charge is 2.23. The fraction of sp³-hybridized carbons (Fsp3) is 0.591. The van der Waals surface area contributed by atoms with E-state index in [0.717, 1.165) is 61.4 Å². The number of anilines is 1. The monoisotopic (exact) mass is 416 g/mol. The third-order valence-electron chi connectivity index (χ3n) is 5.29. The van der Waals surface area contributed by atoms with Gasteiger partial charge in [0.25, 0.3) is 0 Å². The molecule has 3 rings (SSSR count). The molecule has 2 heterocycles. The molecule has 0 bridgehead atoms.